The molecule has 0 aliphatic rings. The molecule has 0 aliphatic heterocycles. The lowest BCUT2D eigenvalue weighted by Crippen LogP contribution is -2.42. The summed E-state index contributed by atoms with van der Waals surface area (Å²) >= 11 is 0. The number of hydrogen-bond acceptors (Lipinski definition) is 6. The maximum absolute atomic E-state index is 12.3. The van der Waals surface area contributed by atoms with Crippen molar-refractivity contribution in [2.24, 2.45) is 0 Å². The normalized spacial score (nSPS) is 10.5. The van der Waals surface area contributed by atoms with E-state index in [4.69, 9.17) is 0 Å². The first-order valence-electron chi connectivity index (χ1n) is 8.54. The molecule has 0 bridgehead atoms. The molecule has 0 unspecified atom stereocenters. The Morgan fingerprint density at radius 1 is 0.828 bits per heavy atom. The largest absolute Gasteiger partial charge is 0.504 e. The highest BCUT2D eigenvalue weighted by Gasteiger charge is 2.19. The molecule has 2 aromatic carbocycles. The molecular formula is C19H15N7O3. The summed E-state index contributed by atoms with van der Waals surface area (Å²) in [5.74, 6) is -1.76. The summed E-state index contributed by atoms with van der Waals surface area (Å²) in [6.07, 6.45) is 2.58. The molecule has 2 heterocycles. The maximum atomic E-state index is 12.3. The van der Waals surface area contributed by atoms with Crippen LogP contribution in [0.4, 0.5) is 0 Å². The second kappa shape index (κ2) is 7.64. The molecule has 10 heteroatoms. The lowest BCUT2D eigenvalue weighted by Gasteiger charge is -2.04. The van der Waals surface area contributed by atoms with Crippen LogP contribution in [-0.2, 0) is 0 Å². The number of hydrazine groups is 1. The highest BCUT2D eigenvalue weighted by atomic mass is 16.3. The highest BCUT2D eigenvalue weighted by molar-refractivity contribution is 5.98. The molecule has 2 aromatic heterocycles. The van der Waals surface area contributed by atoms with Gasteiger partial charge in [0.05, 0.1) is 23.8 Å². The van der Waals surface area contributed by atoms with Gasteiger partial charge in [-0.1, -0.05) is 36.4 Å². The number of rotatable bonds is 4. The Labute approximate surface area is 164 Å². The lowest BCUT2D eigenvalue weighted by atomic mass is 10.3. The molecule has 4 aromatic rings. The van der Waals surface area contributed by atoms with Crippen molar-refractivity contribution in [1.29, 1.82) is 0 Å². The number of amides is 2. The Morgan fingerprint density at radius 3 is 2.14 bits per heavy atom. The number of carbonyl (C=O) groups excluding carboxylic acids is 2. The van der Waals surface area contributed by atoms with E-state index in [0.717, 1.165) is 0 Å². The fourth-order valence-electron chi connectivity index (χ4n) is 2.53. The van der Waals surface area contributed by atoms with Crippen molar-refractivity contribution in [2.45, 2.75) is 0 Å². The van der Waals surface area contributed by atoms with E-state index in [1.54, 1.807) is 36.4 Å². The number of hydrogen-bond donors (Lipinski definition) is 3. The second-order valence-corrected chi connectivity index (χ2v) is 5.91. The van der Waals surface area contributed by atoms with E-state index in [-0.39, 0.29) is 17.1 Å². The molecule has 10 nitrogen and oxygen atoms in total. The van der Waals surface area contributed by atoms with E-state index >= 15 is 0 Å². The van der Waals surface area contributed by atoms with Gasteiger partial charge in [-0.25, -0.2) is 4.68 Å². The predicted molar refractivity (Wildman–Crippen MR) is 102 cm³/mol. The van der Waals surface area contributed by atoms with Crippen LogP contribution in [0.25, 0.3) is 11.4 Å². The summed E-state index contributed by atoms with van der Waals surface area (Å²) in [4.78, 5) is 25.8. The summed E-state index contributed by atoms with van der Waals surface area (Å²) in [5.41, 5.74) is 5.55. The van der Waals surface area contributed by atoms with Gasteiger partial charge in [0.1, 0.15) is 0 Å². The third-order valence-corrected chi connectivity index (χ3v) is 3.93. The van der Waals surface area contributed by atoms with E-state index in [9.17, 15) is 14.7 Å². The van der Waals surface area contributed by atoms with Crippen molar-refractivity contribution in [1.82, 2.24) is 35.6 Å². The quantitative estimate of drug-likeness (QED) is 0.451. The molecule has 4 rings (SSSR count). The van der Waals surface area contributed by atoms with E-state index in [0.29, 0.717) is 11.4 Å². The molecule has 0 aliphatic carbocycles. The van der Waals surface area contributed by atoms with Crippen LogP contribution in [0.2, 0.25) is 0 Å². The van der Waals surface area contributed by atoms with Gasteiger partial charge in [-0.2, -0.15) is 15.0 Å². The molecular weight excluding hydrogens is 374 g/mol. The Hall–Kier alpha value is -4.47. The lowest BCUT2D eigenvalue weighted by molar-refractivity contribution is 0.0839. The summed E-state index contributed by atoms with van der Waals surface area (Å²) in [6, 6.07) is 18.0. The van der Waals surface area contributed by atoms with E-state index < -0.39 is 11.8 Å². The van der Waals surface area contributed by atoms with Crippen molar-refractivity contribution >= 4 is 11.8 Å². The first kappa shape index (κ1) is 17.9. The topological polar surface area (TPSA) is 127 Å². The van der Waals surface area contributed by atoms with Crippen molar-refractivity contribution in [3.8, 4) is 17.1 Å². The molecule has 0 saturated carbocycles. The highest BCUT2D eigenvalue weighted by Crippen LogP contribution is 2.17. The summed E-state index contributed by atoms with van der Waals surface area (Å²) in [7, 11) is 0. The van der Waals surface area contributed by atoms with Crippen LogP contribution >= 0.6 is 0 Å². The van der Waals surface area contributed by atoms with Crippen LogP contribution in [-0.4, -0.2) is 41.7 Å². The Morgan fingerprint density at radius 2 is 1.45 bits per heavy atom. The molecule has 0 atom stereocenters. The number of nitrogens with zero attached hydrogens (tertiary/aromatic N) is 5. The number of aromatic nitrogens is 5. The van der Waals surface area contributed by atoms with Gasteiger partial charge in [0.2, 0.25) is 0 Å². The minimum Gasteiger partial charge on any atom is -0.504 e. The standard InChI is InChI=1S/C19H15N7O3/c27-16-12-25(13-7-3-1-4-8-13)24-17(16)19(29)22-21-18(28)15-11-20-26(23-15)14-9-5-2-6-10-14/h1-12,27H,(H,21,28)(H,22,29). The van der Waals surface area contributed by atoms with Crippen molar-refractivity contribution in [2.75, 3.05) is 0 Å². The smallest absolute Gasteiger partial charge is 0.294 e. The fourth-order valence-corrected chi connectivity index (χ4v) is 2.53. The predicted octanol–water partition coefficient (Wildman–Crippen LogP) is 1.23. The summed E-state index contributed by atoms with van der Waals surface area (Å²) in [6.45, 7) is 0. The summed E-state index contributed by atoms with van der Waals surface area (Å²) in [5, 5.41) is 22.1. The Kier molecular flexibility index (Phi) is 4.72. The van der Waals surface area contributed by atoms with E-state index in [1.807, 2.05) is 24.3 Å². The van der Waals surface area contributed by atoms with E-state index in [1.165, 1.54) is 21.9 Å². The minimum atomic E-state index is -0.777. The van der Waals surface area contributed by atoms with Gasteiger partial charge in [0.25, 0.3) is 11.8 Å². The van der Waals surface area contributed by atoms with Crippen LogP contribution in [0.5, 0.6) is 5.75 Å². The molecule has 2 amide bonds. The fraction of sp³-hybridized carbons (Fsp3) is 0. The Bertz CT molecular complexity index is 1150. The monoisotopic (exact) mass is 389 g/mol. The van der Waals surface area contributed by atoms with Gasteiger partial charge < -0.3 is 5.11 Å². The third-order valence-electron chi connectivity index (χ3n) is 3.93. The number of para-hydroxylation sites is 2. The van der Waals surface area contributed by atoms with Crippen LogP contribution in [0.1, 0.15) is 21.0 Å². The van der Waals surface area contributed by atoms with Crippen LogP contribution in [0.3, 0.4) is 0 Å². The van der Waals surface area contributed by atoms with Gasteiger partial charge in [-0.3, -0.25) is 20.4 Å². The van der Waals surface area contributed by atoms with Gasteiger partial charge in [-0.15, -0.1) is 5.10 Å². The first-order valence-corrected chi connectivity index (χ1v) is 8.54. The van der Waals surface area contributed by atoms with Gasteiger partial charge >= 0.3 is 0 Å². The van der Waals surface area contributed by atoms with Crippen molar-refractivity contribution < 1.29 is 14.7 Å². The zero-order chi connectivity index (χ0) is 20.2. The molecule has 0 saturated heterocycles. The third kappa shape index (κ3) is 3.81. The molecule has 29 heavy (non-hydrogen) atoms. The second-order valence-electron chi connectivity index (χ2n) is 5.91. The molecule has 144 valence electrons. The number of carbonyl (C=O) groups is 2. The Balaban J connectivity index is 1.42. The molecule has 3 N–H and O–H groups in total. The molecule has 0 radical (unpaired) electrons. The van der Waals surface area contributed by atoms with Crippen LogP contribution in [0.15, 0.2) is 73.1 Å². The maximum Gasteiger partial charge on any atom is 0.294 e. The summed E-state index contributed by atoms with van der Waals surface area (Å²) < 4.78 is 1.36. The minimum absolute atomic E-state index is 0.00758. The number of nitrogens with one attached hydrogen (secondary N) is 2. The molecule has 0 spiro atoms. The van der Waals surface area contributed by atoms with Crippen LogP contribution in [0, 0.1) is 0 Å². The molecule has 0 fully saturated rings. The number of aromatic hydroxyl groups is 1. The van der Waals surface area contributed by atoms with Crippen LogP contribution < -0.4 is 10.9 Å². The average molecular weight is 389 g/mol. The SMILES string of the molecule is O=C(NNC(=O)c1nn(-c2ccccc2)cc1O)c1cnn(-c2ccccc2)n1. The zero-order valence-corrected chi connectivity index (χ0v) is 14.9. The van der Waals surface area contributed by atoms with Gasteiger partial charge in [-0.05, 0) is 24.3 Å². The van der Waals surface area contributed by atoms with E-state index in [2.05, 4.69) is 26.1 Å². The van der Waals surface area contributed by atoms with Crippen molar-refractivity contribution in [3.05, 3.63) is 84.4 Å². The average Bonchev–Trinajstić information content (AvgIpc) is 3.40. The van der Waals surface area contributed by atoms with Gasteiger partial charge in [0.15, 0.2) is 17.1 Å². The first-order chi connectivity index (χ1) is 14.1. The van der Waals surface area contributed by atoms with Gasteiger partial charge in [0, 0.05) is 0 Å². The zero-order valence-electron chi connectivity index (χ0n) is 14.9. The number of benzene rings is 2. The van der Waals surface area contributed by atoms with Crippen molar-refractivity contribution in [3.63, 3.8) is 0 Å².